The van der Waals surface area contributed by atoms with Crippen molar-refractivity contribution in [2.75, 3.05) is 22.9 Å². The fourth-order valence-electron chi connectivity index (χ4n) is 5.24. The van der Waals surface area contributed by atoms with Gasteiger partial charge in [0.2, 0.25) is 5.95 Å². The minimum absolute atomic E-state index is 0.0200. The van der Waals surface area contributed by atoms with Crippen molar-refractivity contribution in [2.45, 2.75) is 71.1 Å². The van der Waals surface area contributed by atoms with Crippen LogP contribution in [-0.4, -0.2) is 69.1 Å². The van der Waals surface area contributed by atoms with E-state index in [1.807, 2.05) is 19.9 Å². The number of nitrogens with zero attached hydrogens (tertiary/aromatic N) is 4. The van der Waals surface area contributed by atoms with Gasteiger partial charge in [0, 0.05) is 18.7 Å². The van der Waals surface area contributed by atoms with Crippen LogP contribution >= 0.6 is 11.3 Å². The van der Waals surface area contributed by atoms with Crippen LogP contribution < -0.4 is 10.6 Å². The smallest absolute Gasteiger partial charge is 0.224 e. The molecule has 5 rings (SSSR count). The summed E-state index contributed by atoms with van der Waals surface area (Å²) in [5, 5.41) is 29.3. The average Bonchev–Trinajstić information content (AvgIpc) is 3.46. The minimum Gasteiger partial charge on any atom is -0.390 e. The maximum atomic E-state index is 13.8. The quantitative estimate of drug-likeness (QED) is 0.203. The van der Waals surface area contributed by atoms with Crippen LogP contribution in [0.25, 0.3) is 20.8 Å². The molecule has 0 aliphatic heterocycles. The van der Waals surface area contributed by atoms with Crippen LogP contribution in [0.15, 0.2) is 35.4 Å². The zero-order valence-electron chi connectivity index (χ0n) is 25.0. The Balaban J connectivity index is 1.47. The Labute approximate surface area is 254 Å². The van der Waals surface area contributed by atoms with Gasteiger partial charge in [-0.15, -0.1) is 11.3 Å². The number of hydrogen-bond acceptors (Lipinski definition) is 11. The summed E-state index contributed by atoms with van der Waals surface area (Å²) < 4.78 is 41.1. The first-order chi connectivity index (χ1) is 20.1. The molecule has 0 spiro atoms. The summed E-state index contributed by atoms with van der Waals surface area (Å²) in [6.07, 6.45) is -0.655. The molecule has 230 valence electrons. The predicted molar refractivity (Wildman–Crippen MR) is 167 cm³/mol. The van der Waals surface area contributed by atoms with Crippen molar-refractivity contribution in [3.63, 3.8) is 0 Å². The molecule has 1 aromatic carbocycles. The van der Waals surface area contributed by atoms with E-state index in [1.165, 1.54) is 30.4 Å². The number of anilines is 2. The molecule has 4 atom stereocenters. The molecule has 4 N–H and O–H groups in total. The number of aromatic nitrogens is 4. The molecule has 3 heterocycles. The van der Waals surface area contributed by atoms with Gasteiger partial charge in [-0.3, -0.25) is 4.98 Å². The van der Waals surface area contributed by atoms with Crippen LogP contribution in [0, 0.1) is 37.9 Å². The highest BCUT2D eigenvalue weighted by Crippen LogP contribution is 2.39. The molecule has 0 unspecified atom stereocenters. The Morgan fingerprint density at radius 2 is 1.79 bits per heavy atom. The van der Waals surface area contributed by atoms with Crippen molar-refractivity contribution in [3.8, 4) is 10.6 Å². The van der Waals surface area contributed by atoms with Crippen molar-refractivity contribution in [3.05, 3.63) is 53.2 Å². The number of benzene rings is 1. The Hall–Kier alpha value is -3.26. The van der Waals surface area contributed by atoms with Crippen LogP contribution in [0.3, 0.4) is 0 Å². The molecule has 1 fully saturated rings. The van der Waals surface area contributed by atoms with E-state index in [0.717, 1.165) is 22.0 Å². The van der Waals surface area contributed by atoms with Crippen LogP contribution in [0.4, 0.5) is 16.2 Å². The number of nitrogens with one attached hydrogen (secondary N) is 2. The molecule has 43 heavy (non-hydrogen) atoms. The van der Waals surface area contributed by atoms with Gasteiger partial charge < -0.3 is 20.8 Å². The Morgan fingerprint density at radius 1 is 1.05 bits per heavy atom. The molecule has 4 aromatic rings. The Morgan fingerprint density at radius 3 is 2.47 bits per heavy atom. The third kappa shape index (κ3) is 6.64. The number of thiazole rings is 1. The molecule has 0 bridgehead atoms. The molecular weight excluding hydrogens is 592 g/mol. The van der Waals surface area contributed by atoms with Gasteiger partial charge in [0.05, 0.1) is 44.4 Å². The fraction of sp³-hybridized carbons (Fsp3) is 0.467. The van der Waals surface area contributed by atoms with E-state index >= 15 is 0 Å². The summed E-state index contributed by atoms with van der Waals surface area (Å²) in [6, 6.07) is 4.83. The number of pyridine rings is 1. The molecule has 13 heteroatoms. The zero-order chi connectivity index (χ0) is 31.3. The summed E-state index contributed by atoms with van der Waals surface area (Å²) in [5.74, 6) is -0.832. The van der Waals surface area contributed by atoms with Crippen molar-refractivity contribution >= 4 is 43.2 Å². The van der Waals surface area contributed by atoms with E-state index in [4.69, 9.17) is 15.0 Å². The van der Waals surface area contributed by atoms with Crippen molar-refractivity contribution in [1.82, 2.24) is 19.9 Å². The van der Waals surface area contributed by atoms with Crippen LogP contribution in [0.5, 0.6) is 0 Å². The first kappa shape index (κ1) is 31.2. The summed E-state index contributed by atoms with van der Waals surface area (Å²) in [7, 11) is -3.86. The zero-order valence-corrected chi connectivity index (χ0v) is 26.6. The van der Waals surface area contributed by atoms with Gasteiger partial charge >= 0.3 is 0 Å². The molecular formula is C30H37FN6O4S2. The van der Waals surface area contributed by atoms with Gasteiger partial charge in [0.15, 0.2) is 9.84 Å². The maximum absolute atomic E-state index is 13.8. The summed E-state index contributed by atoms with van der Waals surface area (Å²) in [4.78, 5) is 18.6. The number of rotatable bonds is 8. The van der Waals surface area contributed by atoms with E-state index < -0.39 is 45.6 Å². The highest BCUT2D eigenvalue weighted by atomic mass is 32.2. The summed E-state index contributed by atoms with van der Waals surface area (Å²) in [5.41, 5.74) is 3.08. The predicted octanol–water partition coefficient (Wildman–Crippen LogP) is 4.67. The van der Waals surface area contributed by atoms with Gasteiger partial charge in [-0.05, 0) is 62.4 Å². The van der Waals surface area contributed by atoms with Crippen LogP contribution in [-0.2, 0) is 9.84 Å². The molecule has 1 aliphatic carbocycles. The molecule has 10 nitrogen and oxygen atoms in total. The molecule has 0 saturated heterocycles. The lowest BCUT2D eigenvalue weighted by Gasteiger charge is -2.22. The first-order valence-corrected chi connectivity index (χ1v) is 16.6. The number of aliphatic hydroxyl groups excluding tert-OH is 2. The lowest BCUT2D eigenvalue weighted by Crippen LogP contribution is -2.36. The van der Waals surface area contributed by atoms with Gasteiger partial charge in [-0.2, -0.15) is 4.98 Å². The Bertz CT molecular complexity index is 1770. The minimum atomic E-state index is -3.86. The summed E-state index contributed by atoms with van der Waals surface area (Å²) in [6.45, 7) is 12.1. The normalized spacial score (nSPS) is 21.0. The van der Waals surface area contributed by atoms with Gasteiger partial charge in [0.1, 0.15) is 28.3 Å². The highest BCUT2D eigenvalue weighted by Gasteiger charge is 2.44. The second-order valence-electron chi connectivity index (χ2n) is 12.5. The topological polar surface area (TPSA) is 150 Å². The molecule has 1 aliphatic rings. The van der Waals surface area contributed by atoms with E-state index in [2.05, 4.69) is 36.4 Å². The fourth-order valence-corrected chi connectivity index (χ4v) is 8.07. The maximum Gasteiger partial charge on any atom is 0.224 e. The van der Waals surface area contributed by atoms with Crippen LogP contribution in [0.2, 0.25) is 0 Å². The molecule has 3 aromatic heterocycles. The molecule has 0 radical (unpaired) electrons. The highest BCUT2D eigenvalue weighted by molar-refractivity contribution is 7.91. The van der Waals surface area contributed by atoms with Crippen LogP contribution in [0.1, 0.15) is 44.1 Å². The Kier molecular flexibility index (Phi) is 8.47. The van der Waals surface area contributed by atoms with Crippen molar-refractivity contribution in [2.24, 2.45) is 11.3 Å². The number of halogens is 1. The van der Waals surface area contributed by atoms with Gasteiger partial charge in [-0.25, -0.2) is 22.8 Å². The van der Waals surface area contributed by atoms with Crippen molar-refractivity contribution in [1.29, 1.82) is 0 Å². The lowest BCUT2D eigenvalue weighted by molar-refractivity contribution is 0.0216. The van der Waals surface area contributed by atoms with Gasteiger partial charge in [0.25, 0.3) is 0 Å². The van der Waals surface area contributed by atoms with Crippen molar-refractivity contribution < 1.29 is 23.0 Å². The summed E-state index contributed by atoms with van der Waals surface area (Å²) >= 11 is 1.47. The number of aliphatic hydroxyl groups is 2. The first-order valence-electron chi connectivity index (χ1n) is 14.1. The number of sulfone groups is 1. The second-order valence-corrected chi connectivity index (χ2v) is 15.5. The van der Waals surface area contributed by atoms with E-state index in [9.17, 15) is 23.0 Å². The van der Waals surface area contributed by atoms with Gasteiger partial charge in [-0.1, -0.05) is 20.8 Å². The van der Waals surface area contributed by atoms with E-state index in [0.29, 0.717) is 34.6 Å². The largest absolute Gasteiger partial charge is 0.390 e. The third-order valence-electron chi connectivity index (χ3n) is 7.62. The monoisotopic (exact) mass is 628 g/mol. The number of hydrogen-bond donors (Lipinski definition) is 4. The van der Waals surface area contributed by atoms with E-state index in [-0.39, 0.29) is 22.3 Å². The third-order valence-corrected chi connectivity index (χ3v) is 10.5. The lowest BCUT2D eigenvalue weighted by atomic mass is 9.97. The SMILES string of the molecule is Cc1cc(S(=O)(=O)C[C@H]2C[C@@H](Nc3nc(NCC(C)(C)C)nc(C)c3-c3nc4c(C)nccc4s3)[C@H](O)[C@@H]2O)ccc1F. The average molecular weight is 629 g/mol. The number of fused-ring (bicyclic) bond motifs is 1. The molecule has 1 saturated carbocycles. The number of aryl methyl sites for hydroxylation is 3. The molecule has 0 amide bonds. The standard InChI is InChI=1S/C30H37FN6O4S2/c1-15-11-19(7-8-20(15)31)43(40,41)13-18-12-21(26(39)25(18)38)35-27-23(16(2)34-29(37-27)33-14-30(4,5)6)28-36-24-17(3)32-10-9-22(24)42-28/h7-11,18,21,25-26,38-39H,12-14H2,1-6H3,(H2,33,34,35,37)/t18-,21-,25-,26+/m1/s1. The second kappa shape index (κ2) is 11.7. The van der Waals surface area contributed by atoms with E-state index in [1.54, 1.807) is 6.20 Å².